The SMILES string of the molecule is CCN(CC)CC(C)Nc1cc([N+](=O)[O-])cc(Cl)n1. The number of hydrogen-bond acceptors (Lipinski definition) is 5. The Morgan fingerprint density at radius 1 is 1.47 bits per heavy atom. The standard InChI is InChI=1S/C12H19ClN4O2/c1-4-16(5-2)8-9(3)14-12-7-10(17(18)19)6-11(13)15-12/h6-7,9H,4-5,8H2,1-3H3,(H,14,15). The van der Waals surface area contributed by atoms with Crippen molar-refractivity contribution >= 4 is 23.1 Å². The molecule has 106 valence electrons. The lowest BCUT2D eigenvalue weighted by Gasteiger charge is -2.23. The molecule has 1 N–H and O–H groups in total. The Balaban J connectivity index is 2.73. The molecule has 0 saturated heterocycles. The second kappa shape index (κ2) is 7.25. The monoisotopic (exact) mass is 286 g/mol. The van der Waals surface area contributed by atoms with Crippen molar-refractivity contribution in [2.45, 2.75) is 26.8 Å². The second-order valence-corrected chi connectivity index (χ2v) is 4.71. The molecule has 0 radical (unpaired) electrons. The number of nitro groups is 1. The number of pyridine rings is 1. The highest BCUT2D eigenvalue weighted by atomic mass is 35.5. The Bertz CT molecular complexity index is 438. The third kappa shape index (κ3) is 5.00. The average Bonchev–Trinajstić information content (AvgIpc) is 2.35. The summed E-state index contributed by atoms with van der Waals surface area (Å²) in [6.45, 7) is 8.97. The van der Waals surface area contributed by atoms with Gasteiger partial charge in [0.15, 0.2) is 0 Å². The van der Waals surface area contributed by atoms with Crippen LogP contribution in [0.1, 0.15) is 20.8 Å². The Morgan fingerprint density at radius 2 is 2.11 bits per heavy atom. The van der Waals surface area contributed by atoms with Gasteiger partial charge in [0, 0.05) is 12.6 Å². The zero-order valence-electron chi connectivity index (χ0n) is 11.4. The van der Waals surface area contributed by atoms with Gasteiger partial charge in [-0.2, -0.15) is 0 Å². The molecule has 0 spiro atoms. The largest absolute Gasteiger partial charge is 0.366 e. The zero-order valence-corrected chi connectivity index (χ0v) is 12.1. The van der Waals surface area contributed by atoms with Crippen LogP contribution in [0.3, 0.4) is 0 Å². The van der Waals surface area contributed by atoms with E-state index in [2.05, 4.69) is 29.0 Å². The molecule has 19 heavy (non-hydrogen) atoms. The number of likely N-dealkylation sites (N-methyl/N-ethyl adjacent to an activating group) is 1. The summed E-state index contributed by atoms with van der Waals surface area (Å²) in [6.07, 6.45) is 0. The summed E-state index contributed by atoms with van der Waals surface area (Å²) in [5.41, 5.74) is -0.0578. The van der Waals surface area contributed by atoms with Gasteiger partial charge in [0.05, 0.1) is 17.1 Å². The average molecular weight is 287 g/mol. The van der Waals surface area contributed by atoms with E-state index in [1.165, 1.54) is 12.1 Å². The van der Waals surface area contributed by atoms with Crippen molar-refractivity contribution in [1.29, 1.82) is 0 Å². The van der Waals surface area contributed by atoms with Gasteiger partial charge < -0.3 is 10.2 Å². The highest BCUT2D eigenvalue weighted by molar-refractivity contribution is 6.29. The van der Waals surface area contributed by atoms with Gasteiger partial charge in [-0.05, 0) is 20.0 Å². The second-order valence-electron chi connectivity index (χ2n) is 4.32. The molecular formula is C12H19ClN4O2. The minimum atomic E-state index is -0.478. The van der Waals surface area contributed by atoms with E-state index in [0.29, 0.717) is 5.82 Å². The quantitative estimate of drug-likeness (QED) is 0.474. The number of hydrogen-bond donors (Lipinski definition) is 1. The molecule has 1 heterocycles. The Morgan fingerprint density at radius 3 is 2.63 bits per heavy atom. The lowest BCUT2D eigenvalue weighted by molar-refractivity contribution is -0.384. The van der Waals surface area contributed by atoms with Gasteiger partial charge in [0.2, 0.25) is 0 Å². The van der Waals surface area contributed by atoms with Crippen LogP contribution in [-0.4, -0.2) is 40.5 Å². The normalized spacial score (nSPS) is 12.5. The van der Waals surface area contributed by atoms with E-state index < -0.39 is 4.92 Å². The van der Waals surface area contributed by atoms with Crippen molar-refractivity contribution in [3.63, 3.8) is 0 Å². The molecule has 1 aromatic heterocycles. The van der Waals surface area contributed by atoms with E-state index in [0.717, 1.165) is 19.6 Å². The number of halogens is 1. The molecule has 0 saturated carbocycles. The number of nitrogens with zero attached hydrogens (tertiary/aromatic N) is 3. The summed E-state index contributed by atoms with van der Waals surface area (Å²) in [5.74, 6) is 0.429. The minimum absolute atomic E-state index is 0.0578. The predicted octanol–water partition coefficient (Wildman–Crippen LogP) is 2.79. The molecule has 7 heteroatoms. The molecule has 0 bridgehead atoms. The summed E-state index contributed by atoms with van der Waals surface area (Å²) < 4.78 is 0. The lowest BCUT2D eigenvalue weighted by Crippen LogP contribution is -2.34. The van der Waals surface area contributed by atoms with Crippen LogP contribution in [0.5, 0.6) is 0 Å². The molecule has 0 aliphatic heterocycles. The number of nitrogens with one attached hydrogen (secondary N) is 1. The molecule has 1 unspecified atom stereocenters. The molecule has 0 aliphatic carbocycles. The fraction of sp³-hybridized carbons (Fsp3) is 0.583. The van der Waals surface area contributed by atoms with E-state index in [1.54, 1.807) is 0 Å². The molecular weight excluding hydrogens is 268 g/mol. The van der Waals surface area contributed by atoms with Gasteiger partial charge in [-0.3, -0.25) is 10.1 Å². The molecule has 1 aromatic rings. The highest BCUT2D eigenvalue weighted by Crippen LogP contribution is 2.20. The first-order valence-corrected chi connectivity index (χ1v) is 6.64. The van der Waals surface area contributed by atoms with Crippen LogP contribution in [0.15, 0.2) is 12.1 Å². The fourth-order valence-corrected chi connectivity index (χ4v) is 2.03. The van der Waals surface area contributed by atoms with Crippen molar-refractivity contribution in [3.8, 4) is 0 Å². The maximum atomic E-state index is 10.7. The summed E-state index contributed by atoms with van der Waals surface area (Å²) in [5, 5.41) is 14.0. The van der Waals surface area contributed by atoms with Crippen molar-refractivity contribution in [1.82, 2.24) is 9.88 Å². The van der Waals surface area contributed by atoms with Crippen molar-refractivity contribution in [3.05, 3.63) is 27.4 Å². The number of aromatic nitrogens is 1. The van der Waals surface area contributed by atoms with Gasteiger partial charge in [-0.25, -0.2) is 4.98 Å². The first-order chi connectivity index (χ1) is 8.96. The Kier molecular flexibility index (Phi) is 5.98. The molecule has 0 amide bonds. The topological polar surface area (TPSA) is 71.3 Å². The van der Waals surface area contributed by atoms with E-state index in [-0.39, 0.29) is 16.9 Å². The summed E-state index contributed by atoms with van der Waals surface area (Å²) in [7, 11) is 0. The fourth-order valence-electron chi connectivity index (χ4n) is 1.83. The van der Waals surface area contributed by atoms with E-state index >= 15 is 0 Å². The third-order valence-corrected chi connectivity index (χ3v) is 3.00. The highest BCUT2D eigenvalue weighted by Gasteiger charge is 2.13. The van der Waals surface area contributed by atoms with Crippen LogP contribution < -0.4 is 5.32 Å². The predicted molar refractivity (Wildman–Crippen MR) is 76.8 cm³/mol. The molecule has 0 aliphatic rings. The summed E-state index contributed by atoms with van der Waals surface area (Å²) >= 11 is 5.77. The summed E-state index contributed by atoms with van der Waals surface area (Å²) in [6, 6.07) is 2.76. The van der Waals surface area contributed by atoms with E-state index in [1.807, 2.05) is 6.92 Å². The van der Waals surface area contributed by atoms with Crippen molar-refractivity contribution in [2.75, 3.05) is 25.0 Å². The van der Waals surface area contributed by atoms with Gasteiger partial charge >= 0.3 is 0 Å². The van der Waals surface area contributed by atoms with Crippen LogP contribution in [0, 0.1) is 10.1 Å². The van der Waals surface area contributed by atoms with Crippen molar-refractivity contribution in [2.24, 2.45) is 0 Å². The Hall–Kier alpha value is -1.40. The number of rotatable bonds is 7. The summed E-state index contributed by atoms with van der Waals surface area (Å²) in [4.78, 5) is 16.6. The van der Waals surface area contributed by atoms with E-state index in [9.17, 15) is 10.1 Å². The maximum absolute atomic E-state index is 10.7. The molecule has 1 rings (SSSR count). The zero-order chi connectivity index (χ0) is 14.4. The van der Waals surface area contributed by atoms with Crippen LogP contribution in [0.25, 0.3) is 0 Å². The molecule has 0 aromatic carbocycles. The number of anilines is 1. The molecule has 0 fully saturated rings. The maximum Gasteiger partial charge on any atom is 0.276 e. The molecule has 1 atom stereocenters. The van der Waals surface area contributed by atoms with Crippen LogP contribution in [0.4, 0.5) is 11.5 Å². The van der Waals surface area contributed by atoms with Crippen LogP contribution in [-0.2, 0) is 0 Å². The van der Waals surface area contributed by atoms with Gasteiger partial charge in [-0.1, -0.05) is 25.4 Å². The van der Waals surface area contributed by atoms with Gasteiger partial charge in [0.1, 0.15) is 11.0 Å². The first-order valence-electron chi connectivity index (χ1n) is 6.27. The first kappa shape index (κ1) is 15.7. The van der Waals surface area contributed by atoms with Gasteiger partial charge in [-0.15, -0.1) is 0 Å². The van der Waals surface area contributed by atoms with Crippen LogP contribution in [0.2, 0.25) is 5.15 Å². The Labute approximate surface area is 117 Å². The molecule has 6 nitrogen and oxygen atoms in total. The van der Waals surface area contributed by atoms with Crippen molar-refractivity contribution < 1.29 is 4.92 Å². The third-order valence-electron chi connectivity index (χ3n) is 2.81. The minimum Gasteiger partial charge on any atom is -0.366 e. The van der Waals surface area contributed by atoms with Crippen LogP contribution >= 0.6 is 11.6 Å². The lowest BCUT2D eigenvalue weighted by atomic mass is 10.3. The van der Waals surface area contributed by atoms with Gasteiger partial charge in [0.25, 0.3) is 5.69 Å². The van der Waals surface area contributed by atoms with E-state index in [4.69, 9.17) is 11.6 Å². The smallest absolute Gasteiger partial charge is 0.276 e.